The number of thioether (sulfide) groups is 1. The topological polar surface area (TPSA) is 63.1 Å². The van der Waals surface area contributed by atoms with Gasteiger partial charge in [0.25, 0.3) is 0 Å². The molecule has 0 radical (unpaired) electrons. The van der Waals surface area contributed by atoms with Crippen molar-refractivity contribution in [2.45, 2.75) is 51.2 Å². The molecule has 0 aliphatic carbocycles. The molecule has 1 heterocycles. The Bertz CT molecular complexity index is 890. The quantitative estimate of drug-likeness (QED) is 0.344. The summed E-state index contributed by atoms with van der Waals surface area (Å²) in [5, 5.41) is 11.5. The van der Waals surface area contributed by atoms with Gasteiger partial charge in [0.15, 0.2) is 5.17 Å². The van der Waals surface area contributed by atoms with Crippen molar-refractivity contribution in [2.75, 3.05) is 6.61 Å². The molecule has 30 heavy (non-hydrogen) atoms. The minimum atomic E-state index is -0.177. The van der Waals surface area contributed by atoms with Crippen LogP contribution in [0.2, 0.25) is 0 Å². The van der Waals surface area contributed by atoms with Crippen molar-refractivity contribution in [1.29, 1.82) is 0 Å². The Hall–Kier alpha value is -2.60. The fourth-order valence-corrected chi connectivity index (χ4v) is 3.94. The molecule has 0 saturated carbocycles. The van der Waals surface area contributed by atoms with Crippen molar-refractivity contribution in [1.82, 2.24) is 5.32 Å². The molecule has 0 unspecified atom stereocenters. The number of benzene rings is 2. The van der Waals surface area contributed by atoms with E-state index in [9.17, 15) is 4.79 Å². The first-order chi connectivity index (χ1) is 14.5. The highest BCUT2D eigenvalue weighted by molar-refractivity contribution is 8.15. The van der Waals surface area contributed by atoms with Crippen molar-refractivity contribution in [3.8, 4) is 5.75 Å². The standard InChI is InChI=1S/C24H29N3O2S/c1-4-5-14-29-21-12-8-19(9-13-21)16-25-27-24-26-23(28)22(30-24)15-18-6-10-20(11-7-18)17(2)3/h6-13,16-17,22H,4-5,14-15H2,1-3H3,(H,26,27,28)/b25-16-/t22-/m0/s1. The molecule has 6 heteroatoms. The average Bonchev–Trinajstić information content (AvgIpc) is 3.09. The highest BCUT2D eigenvalue weighted by atomic mass is 32.2. The Morgan fingerprint density at radius 1 is 1.13 bits per heavy atom. The molecular formula is C24H29N3O2S. The Morgan fingerprint density at radius 2 is 1.87 bits per heavy atom. The number of amidine groups is 1. The summed E-state index contributed by atoms with van der Waals surface area (Å²) in [4.78, 5) is 12.3. The Kier molecular flexibility index (Phi) is 8.08. The fourth-order valence-electron chi connectivity index (χ4n) is 2.97. The van der Waals surface area contributed by atoms with Gasteiger partial charge in [0.05, 0.1) is 18.1 Å². The van der Waals surface area contributed by atoms with Crippen LogP contribution >= 0.6 is 11.8 Å². The van der Waals surface area contributed by atoms with Crippen LogP contribution in [0.25, 0.3) is 0 Å². The van der Waals surface area contributed by atoms with Crippen molar-refractivity contribution >= 4 is 29.1 Å². The number of carbonyl (C=O) groups excluding carboxylic acids is 1. The summed E-state index contributed by atoms with van der Waals surface area (Å²) in [6.07, 6.45) is 4.52. The molecule has 5 nitrogen and oxygen atoms in total. The molecule has 0 aromatic heterocycles. The lowest BCUT2D eigenvalue weighted by molar-refractivity contribution is -0.118. The smallest absolute Gasteiger partial charge is 0.239 e. The van der Waals surface area contributed by atoms with Crippen LogP contribution in [0.15, 0.2) is 58.7 Å². The highest BCUT2D eigenvalue weighted by Crippen LogP contribution is 2.24. The van der Waals surface area contributed by atoms with Gasteiger partial charge < -0.3 is 10.1 Å². The number of hydrogen-bond acceptors (Lipinski definition) is 5. The zero-order valence-electron chi connectivity index (χ0n) is 17.8. The van der Waals surface area contributed by atoms with Crippen LogP contribution in [0.5, 0.6) is 5.75 Å². The molecule has 2 aromatic carbocycles. The van der Waals surface area contributed by atoms with Gasteiger partial charge in [-0.25, -0.2) is 0 Å². The van der Waals surface area contributed by atoms with Gasteiger partial charge in [0.1, 0.15) is 5.75 Å². The predicted octanol–water partition coefficient (Wildman–Crippen LogP) is 5.15. The summed E-state index contributed by atoms with van der Waals surface area (Å²) in [7, 11) is 0. The van der Waals surface area contributed by atoms with Crippen molar-refractivity contribution in [2.24, 2.45) is 10.2 Å². The monoisotopic (exact) mass is 423 g/mol. The minimum Gasteiger partial charge on any atom is -0.494 e. The summed E-state index contributed by atoms with van der Waals surface area (Å²) in [6, 6.07) is 16.2. The summed E-state index contributed by atoms with van der Waals surface area (Å²) < 4.78 is 5.65. The molecule has 1 amide bonds. The molecule has 1 fully saturated rings. The molecule has 1 saturated heterocycles. The number of nitrogens with one attached hydrogen (secondary N) is 1. The number of unbranched alkanes of at least 4 members (excludes halogenated alkanes) is 1. The van der Waals surface area contributed by atoms with E-state index in [1.54, 1.807) is 6.21 Å². The third kappa shape index (κ3) is 6.46. The first-order valence-corrected chi connectivity index (χ1v) is 11.3. The Balaban J connectivity index is 1.52. The SMILES string of the molecule is CCCCOc1ccc(/C=N\N=C2\NC(=O)[C@H](Cc3ccc(C(C)C)cc3)S2)cc1. The molecule has 1 N–H and O–H groups in total. The zero-order valence-corrected chi connectivity index (χ0v) is 18.6. The van der Waals surface area contributed by atoms with Crippen LogP contribution in [0.3, 0.4) is 0 Å². The van der Waals surface area contributed by atoms with E-state index < -0.39 is 0 Å². The summed E-state index contributed by atoms with van der Waals surface area (Å²) in [6.45, 7) is 7.22. The molecule has 1 atom stereocenters. The fraction of sp³-hybridized carbons (Fsp3) is 0.375. The second-order valence-electron chi connectivity index (χ2n) is 7.62. The summed E-state index contributed by atoms with van der Waals surface area (Å²) >= 11 is 1.43. The zero-order chi connectivity index (χ0) is 21.3. The lowest BCUT2D eigenvalue weighted by atomic mass is 10.0. The van der Waals surface area contributed by atoms with Crippen LogP contribution in [0.1, 0.15) is 56.2 Å². The van der Waals surface area contributed by atoms with Gasteiger partial charge in [-0.15, -0.1) is 5.10 Å². The van der Waals surface area contributed by atoms with E-state index in [0.29, 0.717) is 17.5 Å². The average molecular weight is 424 g/mol. The molecule has 2 aromatic rings. The van der Waals surface area contributed by atoms with Crippen LogP contribution in [0, 0.1) is 0 Å². The maximum absolute atomic E-state index is 12.3. The lowest BCUT2D eigenvalue weighted by Crippen LogP contribution is -2.25. The minimum absolute atomic E-state index is 0.0181. The molecule has 158 valence electrons. The van der Waals surface area contributed by atoms with Crippen molar-refractivity contribution < 1.29 is 9.53 Å². The van der Waals surface area contributed by atoms with E-state index in [1.807, 2.05) is 24.3 Å². The number of ether oxygens (including phenoxy) is 1. The molecule has 1 aliphatic rings. The van der Waals surface area contributed by atoms with Crippen molar-refractivity contribution in [3.05, 3.63) is 65.2 Å². The van der Waals surface area contributed by atoms with E-state index in [-0.39, 0.29) is 11.2 Å². The van der Waals surface area contributed by atoms with Gasteiger partial charge in [-0.05, 0) is 59.7 Å². The number of hydrogen-bond donors (Lipinski definition) is 1. The van der Waals surface area contributed by atoms with Gasteiger partial charge in [0, 0.05) is 0 Å². The van der Waals surface area contributed by atoms with Crippen molar-refractivity contribution in [3.63, 3.8) is 0 Å². The summed E-state index contributed by atoms with van der Waals surface area (Å²) in [5.41, 5.74) is 3.38. The predicted molar refractivity (Wildman–Crippen MR) is 126 cm³/mol. The van der Waals surface area contributed by atoms with Crippen LogP contribution < -0.4 is 10.1 Å². The maximum atomic E-state index is 12.3. The number of nitrogens with zero attached hydrogens (tertiary/aromatic N) is 2. The van der Waals surface area contributed by atoms with Gasteiger partial charge in [-0.1, -0.05) is 63.2 Å². The van der Waals surface area contributed by atoms with Gasteiger partial charge in [-0.3, -0.25) is 4.79 Å². The second-order valence-corrected chi connectivity index (χ2v) is 8.81. The van der Waals surface area contributed by atoms with Gasteiger partial charge >= 0.3 is 0 Å². The first-order valence-electron chi connectivity index (χ1n) is 10.5. The van der Waals surface area contributed by atoms with Crippen LogP contribution in [-0.2, 0) is 11.2 Å². The van der Waals surface area contributed by atoms with E-state index in [4.69, 9.17) is 4.74 Å². The second kappa shape index (κ2) is 11.0. The van der Waals surface area contributed by atoms with E-state index in [1.165, 1.54) is 17.3 Å². The Morgan fingerprint density at radius 3 is 2.53 bits per heavy atom. The maximum Gasteiger partial charge on any atom is 0.239 e. The number of rotatable bonds is 9. The third-order valence-corrected chi connectivity index (χ3v) is 5.92. The molecule has 3 rings (SSSR count). The van der Waals surface area contributed by atoms with E-state index >= 15 is 0 Å². The normalized spacial score (nSPS) is 17.8. The van der Waals surface area contributed by atoms with E-state index in [2.05, 4.69) is 60.6 Å². The molecule has 0 spiro atoms. The largest absolute Gasteiger partial charge is 0.494 e. The lowest BCUT2D eigenvalue weighted by Gasteiger charge is -2.08. The molecule has 0 bridgehead atoms. The number of carbonyl (C=O) groups is 1. The molecule has 1 aliphatic heterocycles. The first kappa shape index (κ1) is 22.1. The van der Waals surface area contributed by atoms with Crippen LogP contribution in [0.4, 0.5) is 0 Å². The molecular weight excluding hydrogens is 394 g/mol. The van der Waals surface area contributed by atoms with Gasteiger partial charge in [-0.2, -0.15) is 5.10 Å². The third-order valence-electron chi connectivity index (χ3n) is 4.85. The Labute approximate surface area is 183 Å². The number of amides is 1. The van der Waals surface area contributed by atoms with E-state index in [0.717, 1.165) is 36.3 Å². The highest BCUT2D eigenvalue weighted by Gasteiger charge is 2.30. The summed E-state index contributed by atoms with van der Waals surface area (Å²) in [5.74, 6) is 1.34. The van der Waals surface area contributed by atoms with Crippen LogP contribution in [-0.4, -0.2) is 29.1 Å². The van der Waals surface area contributed by atoms with Gasteiger partial charge in [0.2, 0.25) is 5.91 Å².